The van der Waals surface area contributed by atoms with Crippen molar-refractivity contribution in [1.29, 1.82) is 0 Å². The first-order chi connectivity index (χ1) is 7.97. The molecule has 0 aromatic rings. The maximum Gasteiger partial charge on any atom is 0.232 e. The predicted molar refractivity (Wildman–Crippen MR) is 71.1 cm³/mol. The summed E-state index contributed by atoms with van der Waals surface area (Å²) in [6.07, 6.45) is 1.55. The number of thiol groups is 1. The van der Waals surface area contributed by atoms with Crippen LogP contribution in [0.25, 0.3) is 0 Å². The summed E-state index contributed by atoms with van der Waals surface area (Å²) < 4.78 is 0. The molecule has 1 aliphatic rings. The highest BCUT2D eigenvalue weighted by Gasteiger charge is 2.29. The van der Waals surface area contributed by atoms with Gasteiger partial charge in [-0.1, -0.05) is 0 Å². The largest absolute Gasteiger partial charge is 0.343 e. The van der Waals surface area contributed by atoms with Crippen LogP contribution in [0, 0.1) is 5.92 Å². The van der Waals surface area contributed by atoms with Crippen molar-refractivity contribution in [2.24, 2.45) is 5.92 Å². The van der Waals surface area contributed by atoms with Crippen LogP contribution in [0.4, 0.5) is 0 Å². The van der Waals surface area contributed by atoms with E-state index in [4.69, 9.17) is 0 Å². The predicted octanol–water partition coefficient (Wildman–Crippen LogP) is 1.02. The molecule has 1 saturated heterocycles. The van der Waals surface area contributed by atoms with Crippen LogP contribution >= 0.6 is 12.6 Å². The minimum atomic E-state index is 0.0662. The molecule has 0 aliphatic carbocycles. The van der Waals surface area contributed by atoms with E-state index in [0.29, 0.717) is 13.1 Å². The van der Waals surface area contributed by atoms with E-state index in [-0.39, 0.29) is 29.5 Å². The van der Waals surface area contributed by atoms with Gasteiger partial charge in [0.25, 0.3) is 0 Å². The van der Waals surface area contributed by atoms with Crippen LogP contribution in [0.15, 0.2) is 0 Å². The van der Waals surface area contributed by atoms with Gasteiger partial charge in [-0.15, -0.1) is 0 Å². The summed E-state index contributed by atoms with van der Waals surface area (Å²) in [4.78, 5) is 27.1. The lowest BCUT2D eigenvalue weighted by atomic mass is 9.95. The first kappa shape index (κ1) is 14.4. The molecule has 1 fully saturated rings. The standard InChI is InChI=1S/C12H22N2O2S/c1-9(2)13(3)12(16)10-4-6-14(7-5-10)11(15)8-17/h9-10,17H,4-8H2,1-3H3. The van der Waals surface area contributed by atoms with E-state index < -0.39 is 0 Å². The van der Waals surface area contributed by atoms with E-state index >= 15 is 0 Å². The van der Waals surface area contributed by atoms with Crippen molar-refractivity contribution >= 4 is 24.4 Å². The number of carbonyl (C=O) groups is 2. The van der Waals surface area contributed by atoms with Gasteiger partial charge < -0.3 is 9.80 Å². The van der Waals surface area contributed by atoms with Crippen molar-refractivity contribution < 1.29 is 9.59 Å². The first-order valence-electron chi connectivity index (χ1n) is 6.12. The molecule has 4 nitrogen and oxygen atoms in total. The summed E-state index contributed by atoms with van der Waals surface area (Å²) in [5.74, 6) is 0.602. The lowest BCUT2D eigenvalue weighted by Crippen LogP contribution is -2.45. The van der Waals surface area contributed by atoms with Gasteiger partial charge in [0.2, 0.25) is 11.8 Å². The van der Waals surface area contributed by atoms with Crippen LogP contribution in [0.1, 0.15) is 26.7 Å². The summed E-state index contributed by atoms with van der Waals surface area (Å²) in [5, 5.41) is 0. The van der Waals surface area contributed by atoms with Crippen molar-refractivity contribution in [1.82, 2.24) is 9.80 Å². The molecule has 0 aromatic carbocycles. The van der Waals surface area contributed by atoms with E-state index in [1.165, 1.54) is 0 Å². The number of carbonyl (C=O) groups excluding carboxylic acids is 2. The number of piperidine rings is 1. The molecule has 0 saturated carbocycles. The third kappa shape index (κ3) is 3.63. The molecule has 5 heteroatoms. The number of hydrogen-bond donors (Lipinski definition) is 1. The number of likely N-dealkylation sites (tertiary alicyclic amines) is 1. The number of nitrogens with zero attached hydrogens (tertiary/aromatic N) is 2. The number of amides is 2. The highest BCUT2D eigenvalue weighted by Crippen LogP contribution is 2.20. The molecule has 17 heavy (non-hydrogen) atoms. The average molecular weight is 258 g/mol. The molecule has 1 rings (SSSR count). The highest BCUT2D eigenvalue weighted by molar-refractivity contribution is 7.81. The normalized spacial score (nSPS) is 17.4. The lowest BCUT2D eigenvalue weighted by Gasteiger charge is -2.34. The Labute approximate surface area is 109 Å². The summed E-state index contributed by atoms with van der Waals surface area (Å²) in [5.41, 5.74) is 0. The SMILES string of the molecule is CC(C)N(C)C(=O)C1CCN(C(=O)CS)CC1. The van der Waals surface area contributed by atoms with E-state index in [0.717, 1.165) is 12.8 Å². The molecule has 0 aromatic heterocycles. The van der Waals surface area contributed by atoms with Gasteiger partial charge in [-0.25, -0.2) is 0 Å². The van der Waals surface area contributed by atoms with Crippen LogP contribution in [0.2, 0.25) is 0 Å². The molecule has 0 radical (unpaired) electrons. The van der Waals surface area contributed by atoms with Gasteiger partial charge in [0.1, 0.15) is 0 Å². The van der Waals surface area contributed by atoms with Crippen molar-refractivity contribution in [3.63, 3.8) is 0 Å². The minimum absolute atomic E-state index is 0.0662. The second kappa shape index (κ2) is 6.28. The highest BCUT2D eigenvalue weighted by atomic mass is 32.1. The second-order valence-corrected chi connectivity index (χ2v) is 5.17. The van der Waals surface area contributed by atoms with Crippen molar-refractivity contribution in [2.45, 2.75) is 32.7 Å². The maximum absolute atomic E-state index is 12.1. The number of hydrogen-bond acceptors (Lipinski definition) is 3. The van der Waals surface area contributed by atoms with Gasteiger partial charge >= 0.3 is 0 Å². The Morgan fingerprint density at radius 2 is 1.88 bits per heavy atom. The Bertz CT molecular complexity index is 286. The van der Waals surface area contributed by atoms with E-state index in [2.05, 4.69) is 12.6 Å². The second-order valence-electron chi connectivity index (χ2n) is 4.86. The van der Waals surface area contributed by atoms with Crippen LogP contribution in [-0.4, -0.2) is 53.5 Å². The lowest BCUT2D eigenvalue weighted by molar-refractivity contribution is -0.140. The van der Waals surface area contributed by atoms with Crippen molar-refractivity contribution in [2.75, 3.05) is 25.9 Å². The molecule has 0 bridgehead atoms. The fourth-order valence-corrected chi connectivity index (χ4v) is 2.22. The summed E-state index contributed by atoms with van der Waals surface area (Å²) in [6, 6.07) is 0.236. The van der Waals surface area contributed by atoms with E-state index in [1.807, 2.05) is 20.9 Å². The van der Waals surface area contributed by atoms with Gasteiger partial charge in [0.15, 0.2) is 0 Å². The topological polar surface area (TPSA) is 40.6 Å². The van der Waals surface area contributed by atoms with Gasteiger partial charge in [0.05, 0.1) is 5.75 Å². The quantitative estimate of drug-likeness (QED) is 0.768. The fourth-order valence-electron chi connectivity index (χ4n) is 2.02. The van der Waals surface area contributed by atoms with Crippen LogP contribution in [0.5, 0.6) is 0 Å². The summed E-state index contributed by atoms with van der Waals surface area (Å²) >= 11 is 3.98. The van der Waals surface area contributed by atoms with Gasteiger partial charge in [0, 0.05) is 32.1 Å². The number of rotatable bonds is 3. The average Bonchev–Trinajstić information content (AvgIpc) is 2.36. The van der Waals surface area contributed by atoms with E-state index in [1.54, 1.807) is 9.80 Å². The molecule has 2 amide bonds. The summed E-state index contributed by atoms with van der Waals surface area (Å²) in [7, 11) is 1.85. The Hall–Kier alpha value is -0.710. The first-order valence-corrected chi connectivity index (χ1v) is 6.76. The smallest absolute Gasteiger partial charge is 0.232 e. The third-order valence-corrected chi connectivity index (χ3v) is 3.72. The zero-order chi connectivity index (χ0) is 13.0. The molecular weight excluding hydrogens is 236 g/mol. The van der Waals surface area contributed by atoms with Crippen LogP contribution < -0.4 is 0 Å². The monoisotopic (exact) mass is 258 g/mol. The Morgan fingerprint density at radius 3 is 2.29 bits per heavy atom. The Balaban J connectivity index is 2.47. The van der Waals surface area contributed by atoms with E-state index in [9.17, 15) is 9.59 Å². The summed E-state index contributed by atoms with van der Waals surface area (Å²) in [6.45, 7) is 5.39. The van der Waals surface area contributed by atoms with Gasteiger partial charge in [-0.05, 0) is 26.7 Å². The van der Waals surface area contributed by atoms with Crippen LogP contribution in [-0.2, 0) is 9.59 Å². The molecule has 0 spiro atoms. The van der Waals surface area contributed by atoms with Gasteiger partial charge in [-0.2, -0.15) is 12.6 Å². The molecule has 1 aliphatic heterocycles. The molecule has 0 N–H and O–H groups in total. The van der Waals surface area contributed by atoms with Crippen LogP contribution in [0.3, 0.4) is 0 Å². The third-order valence-electron chi connectivity index (χ3n) is 3.45. The Morgan fingerprint density at radius 1 is 1.35 bits per heavy atom. The Kier molecular flexibility index (Phi) is 5.31. The molecule has 0 unspecified atom stereocenters. The zero-order valence-corrected chi connectivity index (χ0v) is 11.7. The van der Waals surface area contributed by atoms with Crippen molar-refractivity contribution in [3.8, 4) is 0 Å². The zero-order valence-electron chi connectivity index (χ0n) is 10.8. The minimum Gasteiger partial charge on any atom is -0.343 e. The maximum atomic E-state index is 12.1. The van der Waals surface area contributed by atoms with Crippen molar-refractivity contribution in [3.05, 3.63) is 0 Å². The molecule has 98 valence electrons. The fraction of sp³-hybridized carbons (Fsp3) is 0.833. The molecule has 1 heterocycles. The van der Waals surface area contributed by atoms with Gasteiger partial charge in [-0.3, -0.25) is 9.59 Å². The molecular formula is C12H22N2O2S. The molecule has 0 atom stereocenters.